The van der Waals surface area contributed by atoms with Crippen molar-refractivity contribution in [1.82, 2.24) is 0 Å². The molecule has 0 radical (unpaired) electrons. The van der Waals surface area contributed by atoms with Crippen molar-refractivity contribution < 1.29 is 77.2 Å². The normalized spacial score (nSPS) is 12.8. The van der Waals surface area contributed by atoms with E-state index in [0.29, 0.717) is 0 Å². The standard InChI is InChI=1S/2C19H25Si2.2ClH.2Zr/c2*1-20(2,3)16-7-9-18-14(12-16)11-15-13-17(21(4,5)6)8-10-19(15)18;;;;/h2*7-10,12H,11H2,1-6H3;2*1H;;/q2*-1;;;2*+2/p-2. The van der Waals surface area contributed by atoms with Crippen LogP contribution in [0.25, 0.3) is 22.3 Å². The monoisotopic (exact) mass is 868 g/mol. The average molecular weight is 873 g/mol. The van der Waals surface area contributed by atoms with E-state index < -0.39 is 32.3 Å². The van der Waals surface area contributed by atoms with E-state index in [9.17, 15) is 0 Å². The Morgan fingerprint density at radius 1 is 0.413 bits per heavy atom. The van der Waals surface area contributed by atoms with Crippen LogP contribution in [0.2, 0.25) is 78.6 Å². The third-order valence-electron chi connectivity index (χ3n) is 8.93. The van der Waals surface area contributed by atoms with Gasteiger partial charge in [0.25, 0.3) is 0 Å². The zero-order valence-corrected chi connectivity index (χ0v) is 40.4. The van der Waals surface area contributed by atoms with Gasteiger partial charge in [0.1, 0.15) is 0 Å². The molecule has 0 nitrogen and oxygen atoms in total. The molecule has 0 N–H and O–H groups in total. The van der Waals surface area contributed by atoms with E-state index >= 15 is 0 Å². The van der Waals surface area contributed by atoms with Crippen LogP contribution in [0.3, 0.4) is 0 Å². The van der Waals surface area contributed by atoms with Crippen LogP contribution >= 0.6 is 0 Å². The molecule has 46 heavy (non-hydrogen) atoms. The number of hydrogen-bond donors (Lipinski definition) is 0. The number of rotatable bonds is 4. The first-order valence-corrected chi connectivity index (χ1v) is 29.7. The second kappa shape index (κ2) is 16.0. The number of benzene rings is 4. The van der Waals surface area contributed by atoms with Gasteiger partial charge < -0.3 is 24.8 Å². The van der Waals surface area contributed by atoms with Crippen molar-refractivity contribution in [3.05, 3.63) is 95.1 Å². The van der Waals surface area contributed by atoms with Gasteiger partial charge in [-0.3, -0.25) is 0 Å². The average Bonchev–Trinajstić information content (AvgIpc) is 3.43. The Hall–Kier alpha value is 0.0938. The van der Waals surface area contributed by atoms with Crippen molar-refractivity contribution in [2.24, 2.45) is 0 Å². The van der Waals surface area contributed by atoms with E-state index in [0.717, 1.165) is 12.8 Å². The molecule has 0 saturated heterocycles. The van der Waals surface area contributed by atoms with Crippen molar-refractivity contribution >= 4 is 53.0 Å². The second-order valence-corrected chi connectivity index (χ2v) is 36.9. The first-order valence-electron chi connectivity index (χ1n) is 15.7. The Morgan fingerprint density at radius 3 is 1.00 bits per heavy atom. The zero-order chi connectivity index (χ0) is 30.8. The van der Waals surface area contributed by atoms with Gasteiger partial charge in [-0.15, -0.1) is 11.1 Å². The van der Waals surface area contributed by atoms with E-state index in [1.807, 2.05) is 0 Å². The van der Waals surface area contributed by atoms with Crippen LogP contribution in [0.15, 0.2) is 60.7 Å². The maximum absolute atomic E-state index is 3.74. The molecule has 6 rings (SSSR count). The predicted octanol–water partition coefficient (Wildman–Crippen LogP) is 2.30. The van der Waals surface area contributed by atoms with Gasteiger partial charge in [0, 0.05) is 0 Å². The van der Waals surface area contributed by atoms with Crippen LogP contribution in [-0.4, -0.2) is 32.3 Å². The van der Waals surface area contributed by atoms with Crippen molar-refractivity contribution in [2.45, 2.75) is 91.4 Å². The molecule has 2 aliphatic rings. The molecular weight excluding hydrogens is 822 g/mol. The summed E-state index contributed by atoms with van der Waals surface area (Å²) < 4.78 is 0. The summed E-state index contributed by atoms with van der Waals surface area (Å²) in [7, 11) is -4.99. The van der Waals surface area contributed by atoms with Crippen LogP contribution < -0.4 is 45.6 Å². The predicted molar refractivity (Wildman–Crippen MR) is 199 cm³/mol. The third-order valence-corrected chi connectivity index (χ3v) is 16.8. The summed E-state index contributed by atoms with van der Waals surface area (Å²) in [6.07, 6.45) is 2.14. The zero-order valence-electron chi connectivity index (χ0n) is 29.9. The summed E-state index contributed by atoms with van der Waals surface area (Å²) in [5.74, 6) is 0. The molecule has 0 aromatic heterocycles. The molecule has 0 bridgehead atoms. The summed E-state index contributed by atoms with van der Waals surface area (Å²) in [5, 5.41) is 6.05. The third kappa shape index (κ3) is 9.65. The van der Waals surface area contributed by atoms with Gasteiger partial charge in [-0.05, 0) is 12.8 Å². The molecule has 0 unspecified atom stereocenters. The quantitative estimate of drug-likeness (QED) is 0.189. The van der Waals surface area contributed by atoms with Gasteiger partial charge in [-0.2, -0.15) is 57.9 Å². The Balaban J connectivity index is 0.000000423. The maximum atomic E-state index is 3.74. The second-order valence-electron chi connectivity index (χ2n) is 16.6. The van der Waals surface area contributed by atoms with E-state index in [1.165, 1.54) is 54.9 Å². The summed E-state index contributed by atoms with van der Waals surface area (Å²) >= 11 is 0. The van der Waals surface area contributed by atoms with Crippen molar-refractivity contribution in [2.75, 3.05) is 0 Å². The fraction of sp³-hybridized carbons (Fsp3) is 0.368. The van der Waals surface area contributed by atoms with E-state index in [1.54, 1.807) is 10.4 Å². The first kappa shape index (κ1) is 44.1. The smallest absolute Gasteiger partial charge is 1.00 e. The molecule has 4 aromatic carbocycles. The van der Waals surface area contributed by atoms with Gasteiger partial charge in [0.2, 0.25) is 0 Å². The first-order chi connectivity index (χ1) is 19.3. The number of hydrogen-bond acceptors (Lipinski definition) is 0. The fourth-order valence-corrected chi connectivity index (χ4v) is 10.7. The summed E-state index contributed by atoms with van der Waals surface area (Å²) in [5.41, 5.74) is 11.5. The molecular formula is C38H50Cl2Si4Zr2. The molecule has 0 spiro atoms. The Labute approximate surface area is 335 Å². The summed E-state index contributed by atoms with van der Waals surface area (Å²) in [6, 6.07) is 31.1. The molecule has 0 atom stereocenters. The molecule has 0 heterocycles. The van der Waals surface area contributed by atoms with E-state index in [4.69, 9.17) is 0 Å². The Morgan fingerprint density at radius 2 is 0.717 bits per heavy atom. The number of halogens is 2. The molecule has 0 aliphatic heterocycles. The fourth-order valence-electron chi connectivity index (χ4n) is 6.06. The van der Waals surface area contributed by atoms with Crippen molar-refractivity contribution in [3.63, 3.8) is 0 Å². The molecule has 8 heteroatoms. The minimum Gasteiger partial charge on any atom is -1.00 e. The van der Waals surface area contributed by atoms with Crippen LogP contribution in [0.4, 0.5) is 0 Å². The van der Waals surface area contributed by atoms with Crippen molar-refractivity contribution in [3.8, 4) is 22.3 Å². The van der Waals surface area contributed by atoms with E-state index in [-0.39, 0.29) is 77.2 Å². The maximum Gasteiger partial charge on any atom is 2.00 e. The minimum absolute atomic E-state index is 0. The molecule has 4 aromatic rings. The minimum atomic E-state index is -1.27. The van der Waals surface area contributed by atoms with E-state index in [2.05, 4.69) is 151 Å². The Kier molecular flexibility index (Phi) is 15.3. The van der Waals surface area contributed by atoms with Crippen LogP contribution in [0.5, 0.6) is 0 Å². The van der Waals surface area contributed by atoms with Gasteiger partial charge in [-0.25, -0.2) is 0 Å². The topological polar surface area (TPSA) is 0 Å². The Bertz CT molecular complexity index is 1430. The van der Waals surface area contributed by atoms with Crippen LogP contribution in [0.1, 0.15) is 22.3 Å². The summed E-state index contributed by atoms with van der Waals surface area (Å²) in [4.78, 5) is 0. The van der Waals surface area contributed by atoms with Crippen molar-refractivity contribution in [1.29, 1.82) is 0 Å². The largest absolute Gasteiger partial charge is 2.00 e. The molecule has 0 amide bonds. The molecule has 0 fully saturated rings. The molecule has 2 aliphatic carbocycles. The number of fused-ring (bicyclic) bond motifs is 6. The van der Waals surface area contributed by atoms with Crippen LogP contribution in [0, 0.1) is 12.1 Å². The SMILES string of the molecule is C[Si](C)(C)c1[c-]c2c(cc1)-c1ccc([Si](C)(C)C)cc1C2.C[Si](C)(C)c1[c-]c2c(cc1)-c1ccc([Si](C)(C)C)cc1C2.[Cl-].[Cl-].[Zr+2].[Zr+2]. The van der Waals surface area contributed by atoms with Gasteiger partial charge in [-0.1, -0.05) is 148 Å². The van der Waals surface area contributed by atoms with Gasteiger partial charge in [0.05, 0.1) is 32.3 Å². The molecule has 0 saturated carbocycles. The van der Waals surface area contributed by atoms with Gasteiger partial charge >= 0.3 is 52.4 Å². The molecule has 240 valence electrons. The van der Waals surface area contributed by atoms with Gasteiger partial charge in [0.15, 0.2) is 0 Å². The summed E-state index contributed by atoms with van der Waals surface area (Å²) in [6.45, 7) is 28.9. The van der Waals surface area contributed by atoms with Crippen LogP contribution in [-0.2, 0) is 65.2 Å².